The Balaban J connectivity index is 2.12. The molecule has 2 heterocycles. The molecule has 0 aromatic rings. The molecule has 3 heteroatoms. The summed E-state index contributed by atoms with van der Waals surface area (Å²) < 4.78 is 0. The molecule has 0 aromatic carbocycles. The maximum Gasteiger partial charge on any atom is 0.0461 e. The second-order valence-electron chi connectivity index (χ2n) is 6.40. The fourth-order valence-electron chi connectivity index (χ4n) is 4.12. The number of hydrogen-bond donors (Lipinski definition) is 1. The molecule has 18 heavy (non-hydrogen) atoms. The van der Waals surface area contributed by atoms with E-state index in [4.69, 9.17) is 5.73 Å². The summed E-state index contributed by atoms with van der Waals surface area (Å²) >= 11 is 0. The third kappa shape index (κ3) is 2.89. The number of hydrogen-bond acceptors (Lipinski definition) is 3. The maximum absolute atomic E-state index is 6.22. The van der Waals surface area contributed by atoms with Crippen molar-refractivity contribution in [1.82, 2.24) is 9.80 Å². The van der Waals surface area contributed by atoms with Gasteiger partial charge in [0.05, 0.1) is 0 Å². The van der Waals surface area contributed by atoms with Gasteiger partial charge in [-0.05, 0) is 52.2 Å². The van der Waals surface area contributed by atoms with E-state index in [1.54, 1.807) is 0 Å². The molecule has 2 aliphatic heterocycles. The molecule has 0 radical (unpaired) electrons. The largest absolute Gasteiger partial charge is 0.329 e. The van der Waals surface area contributed by atoms with Gasteiger partial charge in [0.25, 0.3) is 0 Å². The van der Waals surface area contributed by atoms with E-state index in [0.717, 1.165) is 12.6 Å². The highest BCUT2D eigenvalue weighted by atomic mass is 15.3. The Kier molecular flexibility index (Phi) is 5.05. The summed E-state index contributed by atoms with van der Waals surface area (Å²) in [5.41, 5.74) is 6.49. The van der Waals surface area contributed by atoms with E-state index in [2.05, 4.69) is 23.8 Å². The number of rotatable bonds is 4. The zero-order valence-electron chi connectivity index (χ0n) is 12.3. The van der Waals surface area contributed by atoms with Crippen LogP contribution in [0.15, 0.2) is 0 Å². The Morgan fingerprint density at radius 1 is 1.22 bits per heavy atom. The molecule has 2 fully saturated rings. The molecule has 0 bridgehead atoms. The van der Waals surface area contributed by atoms with Crippen LogP contribution in [-0.2, 0) is 0 Å². The van der Waals surface area contributed by atoms with E-state index in [1.165, 1.54) is 64.6 Å². The lowest BCUT2D eigenvalue weighted by Gasteiger charge is -2.53. The van der Waals surface area contributed by atoms with Gasteiger partial charge in [-0.3, -0.25) is 4.90 Å². The van der Waals surface area contributed by atoms with E-state index < -0.39 is 0 Å². The van der Waals surface area contributed by atoms with E-state index in [9.17, 15) is 0 Å². The summed E-state index contributed by atoms with van der Waals surface area (Å²) in [6.45, 7) is 6.83. The third-order valence-electron chi connectivity index (χ3n) is 4.98. The molecule has 0 saturated carbocycles. The van der Waals surface area contributed by atoms with Gasteiger partial charge in [-0.2, -0.15) is 0 Å². The summed E-state index contributed by atoms with van der Waals surface area (Å²) in [4.78, 5) is 5.28. The van der Waals surface area contributed by atoms with E-state index >= 15 is 0 Å². The van der Waals surface area contributed by atoms with Gasteiger partial charge in [-0.15, -0.1) is 0 Å². The van der Waals surface area contributed by atoms with Crippen LogP contribution in [0.3, 0.4) is 0 Å². The Bertz CT molecular complexity index is 254. The predicted molar refractivity (Wildman–Crippen MR) is 77.8 cm³/mol. The van der Waals surface area contributed by atoms with Gasteiger partial charge < -0.3 is 10.6 Å². The van der Waals surface area contributed by atoms with Crippen LogP contribution in [0.2, 0.25) is 0 Å². The lowest BCUT2D eigenvalue weighted by molar-refractivity contribution is -0.0245. The van der Waals surface area contributed by atoms with Crippen molar-refractivity contribution >= 4 is 0 Å². The van der Waals surface area contributed by atoms with Crippen LogP contribution in [0.25, 0.3) is 0 Å². The highest BCUT2D eigenvalue weighted by Crippen LogP contribution is 2.33. The fraction of sp³-hybridized carbons (Fsp3) is 1.00. The lowest BCUT2D eigenvalue weighted by Crippen LogP contribution is -2.65. The highest BCUT2D eigenvalue weighted by molar-refractivity contribution is 5.00. The first-order valence-electron chi connectivity index (χ1n) is 7.87. The molecule has 106 valence electrons. The highest BCUT2D eigenvalue weighted by Gasteiger charge is 2.42. The summed E-state index contributed by atoms with van der Waals surface area (Å²) in [6.07, 6.45) is 9.43. The molecule has 2 atom stereocenters. The van der Waals surface area contributed by atoms with Crippen LogP contribution in [0.1, 0.15) is 51.9 Å². The molecule has 2 N–H and O–H groups in total. The van der Waals surface area contributed by atoms with Gasteiger partial charge in [0.2, 0.25) is 0 Å². The first kappa shape index (κ1) is 14.3. The Morgan fingerprint density at radius 2 is 2.06 bits per heavy atom. The second-order valence-corrected chi connectivity index (χ2v) is 6.40. The molecule has 2 unspecified atom stereocenters. The van der Waals surface area contributed by atoms with Crippen LogP contribution in [0.4, 0.5) is 0 Å². The second kappa shape index (κ2) is 6.36. The van der Waals surface area contributed by atoms with Crippen molar-refractivity contribution in [2.45, 2.75) is 63.5 Å². The van der Waals surface area contributed by atoms with E-state index in [-0.39, 0.29) is 5.54 Å². The minimum atomic E-state index is 0.271. The van der Waals surface area contributed by atoms with Crippen LogP contribution in [-0.4, -0.2) is 54.6 Å². The fourth-order valence-corrected chi connectivity index (χ4v) is 4.12. The summed E-state index contributed by atoms with van der Waals surface area (Å²) in [6, 6.07) is 0.791. The van der Waals surface area contributed by atoms with Gasteiger partial charge in [0.1, 0.15) is 0 Å². The average molecular weight is 253 g/mol. The molecule has 0 amide bonds. The number of nitrogens with two attached hydrogens (primary N) is 1. The summed E-state index contributed by atoms with van der Waals surface area (Å²) in [5.74, 6) is 0. The molecular formula is C15H31N3. The van der Waals surface area contributed by atoms with Crippen molar-refractivity contribution in [1.29, 1.82) is 0 Å². The zero-order chi connectivity index (χ0) is 13.0. The monoisotopic (exact) mass is 253 g/mol. The van der Waals surface area contributed by atoms with Crippen molar-refractivity contribution in [2.24, 2.45) is 5.73 Å². The first-order valence-corrected chi connectivity index (χ1v) is 7.87. The average Bonchev–Trinajstić information content (AvgIpc) is 2.39. The SMILES string of the molecule is CCCC1CCCCN1C1(CN)CCCN(C)C1. The zero-order valence-corrected chi connectivity index (χ0v) is 12.3. The molecule has 2 rings (SSSR count). The molecular weight excluding hydrogens is 222 g/mol. The van der Waals surface area contributed by atoms with Gasteiger partial charge in [0.15, 0.2) is 0 Å². The molecule has 0 spiro atoms. The minimum Gasteiger partial charge on any atom is -0.329 e. The molecule has 2 aliphatic rings. The van der Waals surface area contributed by atoms with Gasteiger partial charge in [-0.25, -0.2) is 0 Å². The van der Waals surface area contributed by atoms with Crippen molar-refractivity contribution in [3.63, 3.8) is 0 Å². The van der Waals surface area contributed by atoms with Gasteiger partial charge >= 0.3 is 0 Å². The number of piperidine rings is 2. The van der Waals surface area contributed by atoms with Crippen LogP contribution in [0.5, 0.6) is 0 Å². The Hall–Kier alpha value is -0.120. The Labute approximate surface area is 113 Å². The number of likely N-dealkylation sites (tertiary alicyclic amines) is 2. The van der Waals surface area contributed by atoms with Crippen molar-refractivity contribution < 1.29 is 0 Å². The van der Waals surface area contributed by atoms with Gasteiger partial charge in [0, 0.05) is 24.7 Å². The van der Waals surface area contributed by atoms with Crippen LogP contribution in [0, 0.1) is 0 Å². The Morgan fingerprint density at radius 3 is 2.72 bits per heavy atom. The first-order chi connectivity index (χ1) is 8.72. The summed E-state index contributed by atoms with van der Waals surface area (Å²) in [5, 5.41) is 0. The van der Waals surface area contributed by atoms with Crippen LogP contribution >= 0.6 is 0 Å². The van der Waals surface area contributed by atoms with E-state index in [0.29, 0.717) is 0 Å². The third-order valence-corrected chi connectivity index (χ3v) is 4.98. The molecule has 0 aliphatic carbocycles. The van der Waals surface area contributed by atoms with E-state index in [1.807, 2.05) is 0 Å². The van der Waals surface area contributed by atoms with Crippen LogP contribution < -0.4 is 5.73 Å². The molecule has 0 aromatic heterocycles. The predicted octanol–water partition coefficient (Wildman–Crippen LogP) is 2.06. The lowest BCUT2D eigenvalue weighted by atomic mass is 9.83. The maximum atomic E-state index is 6.22. The topological polar surface area (TPSA) is 32.5 Å². The van der Waals surface area contributed by atoms with Crippen molar-refractivity contribution in [3.05, 3.63) is 0 Å². The normalized spacial score (nSPS) is 35.8. The molecule has 2 saturated heterocycles. The standard InChI is InChI=1S/C15H31N3/c1-3-7-14-8-4-5-11-18(14)15(12-16)9-6-10-17(2)13-15/h14H,3-13,16H2,1-2H3. The number of likely N-dealkylation sites (N-methyl/N-ethyl adjacent to an activating group) is 1. The minimum absolute atomic E-state index is 0.271. The van der Waals surface area contributed by atoms with Crippen molar-refractivity contribution in [2.75, 3.05) is 33.2 Å². The molecule has 3 nitrogen and oxygen atoms in total. The quantitative estimate of drug-likeness (QED) is 0.832. The van der Waals surface area contributed by atoms with Gasteiger partial charge in [-0.1, -0.05) is 19.8 Å². The number of nitrogens with zero attached hydrogens (tertiary/aromatic N) is 2. The van der Waals surface area contributed by atoms with Crippen molar-refractivity contribution in [3.8, 4) is 0 Å². The smallest absolute Gasteiger partial charge is 0.0461 e. The summed E-state index contributed by atoms with van der Waals surface area (Å²) in [7, 11) is 2.25.